The maximum atomic E-state index is 14.3. The highest BCUT2D eigenvalue weighted by Gasteiger charge is 2.56. The molecule has 4 N–H and O–H groups in total. The molecular weight excluding hydrogens is 640 g/mol. The van der Waals surface area contributed by atoms with Crippen molar-refractivity contribution < 1.29 is 14.4 Å². The summed E-state index contributed by atoms with van der Waals surface area (Å²) in [6, 6.07) is 17.3. The summed E-state index contributed by atoms with van der Waals surface area (Å²) < 4.78 is 1.70. The van der Waals surface area contributed by atoms with Gasteiger partial charge in [-0.1, -0.05) is 36.4 Å². The van der Waals surface area contributed by atoms with E-state index in [-0.39, 0.29) is 35.2 Å². The van der Waals surface area contributed by atoms with Crippen LogP contribution >= 0.6 is 0 Å². The minimum Gasteiger partial charge on any atom is -0.340 e. The summed E-state index contributed by atoms with van der Waals surface area (Å²) in [6.45, 7) is 5.39. The quantitative estimate of drug-likeness (QED) is 0.158. The highest BCUT2D eigenvalue weighted by atomic mass is 16.2. The number of anilines is 1. The van der Waals surface area contributed by atoms with Gasteiger partial charge < -0.3 is 25.8 Å². The summed E-state index contributed by atoms with van der Waals surface area (Å²) in [5.74, 6) is 1.32. The fourth-order valence-electron chi connectivity index (χ4n) is 8.79. The SMILES string of the molecule is CC(C)n1nccc1C(=O)N[C@H](C(=O)Nc1ccc2c(c1)CC(c1ncc(-c3ccccc3)[nH]1)(N1CC3(CC3)CNC1=O)C2)C(C1CC1)C1CC1. The van der Waals surface area contributed by atoms with Crippen LogP contribution in [0.2, 0.25) is 0 Å². The van der Waals surface area contributed by atoms with Crippen LogP contribution in [0.1, 0.15) is 85.9 Å². The molecule has 2 atom stereocenters. The molecule has 51 heavy (non-hydrogen) atoms. The lowest BCUT2D eigenvalue weighted by Gasteiger charge is -2.45. The maximum absolute atomic E-state index is 14.3. The number of nitrogens with one attached hydrogen (secondary N) is 4. The van der Waals surface area contributed by atoms with E-state index in [0.717, 1.165) is 73.3 Å². The van der Waals surface area contributed by atoms with Gasteiger partial charge >= 0.3 is 6.03 Å². The number of nitrogens with zero attached hydrogens (tertiary/aromatic N) is 4. The van der Waals surface area contributed by atoms with E-state index < -0.39 is 11.6 Å². The molecule has 5 aliphatic rings. The molecule has 4 fully saturated rings. The van der Waals surface area contributed by atoms with Crippen molar-refractivity contribution in [3.8, 4) is 11.3 Å². The lowest BCUT2D eigenvalue weighted by molar-refractivity contribution is -0.119. The smallest absolute Gasteiger partial charge is 0.318 e. The van der Waals surface area contributed by atoms with Gasteiger partial charge in [-0.25, -0.2) is 9.78 Å². The van der Waals surface area contributed by atoms with Crippen molar-refractivity contribution in [3.63, 3.8) is 0 Å². The lowest BCUT2D eigenvalue weighted by atomic mass is 9.88. The van der Waals surface area contributed by atoms with Gasteiger partial charge in [-0.15, -0.1) is 0 Å². The number of hydrogen-bond acceptors (Lipinski definition) is 5. The molecule has 4 amide bonds. The predicted octanol–water partition coefficient (Wildman–Crippen LogP) is 5.83. The second kappa shape index (κ2) is 12.1. The Bertz CT molecular complexity index is 1980. The van der Waals surface area contributed by atoms with Gasteiger partial charge in [0.25, 0.3) is 5.91 Å². The fourth-order valence-corrected chi connectivity index (χ4v) is 8.79. The third-order valence-corrected chi connectivity index (χ3v) is 12.0. The standard InChI is InChI=1S/C40H46N8O3/c1-24(2)48-32(14-17-43-48)35(49)46-34(33(26-8-9-26)27-10-11-27)36(50)44-30-13-12-28-19-40(20-29(28)18-30,47-23-39(15-16-39)22-42-38(47)51)37-41-21-31(45-37)25-6-4-3-5-7-25/h3-7,12-14,17-18,21,24,26-27,33-34H,8-11,15-16,19-20,22-23H2,1-2H3,(H,41,45)(H,42,51)(H,44,50)(H,46,49)/t34-,40?/m0/s1. The van der Waals surface area contributed by atoms with Gasteiger partial charge in [0.05, 0.1) is 11.9 Å². The molecule has 2 aromatic heterocycles. The Balaban J connectivity index is 1.01. The maximum Gasteiger partial charge on any atom is 0.318 e. The van der Waals surface area contributed by atoms with Gasteiger partial charge in [0, 0.05) is 49.3 Å². The summed E-state index contributed by atoms with van der Waals surface area (Å²) in [5, 5.41) is 13.9. The van der Waals surface area contributed by atoms with Crippen LogP contribution in [0.25, 0.3) is 11.3 Å². The van der Waals surface area contributed by atoms with Crippen LogP contribution in [-0.2, 0) is 23.2 Å². The first-order chi connectivity index (χ1) is 24.7. The van der Waals surface area contributed by atoms with Crippen molar-refractivity contribution in [1.29, 1.82) is 0 Å². The highest BCUT2D eigenvalue weighted by Crippen LogP contribution is 2.53. The summed E-state index contributed by atoms with van der Waals surface area (Å²) in [5.41, 5.74) is 4.75. The number of H-pyrrole nitrogens is 1. The Morgan fingerprint density at radius 3 is 2.41 bits per heavy atom. The second-order valence-electron chi connectivity index (χ2n) is 16.1. The fraction of sp³-hybridized carbons (Fsp3) is 0.475. The number of carbonyl (C=O) groups excluding carboxylic acids is 3. The molecule has 0 radical (unpaired) electrons. The first-order valence-corrected chi connectivity index (χ1v) is 18.7. The number of amides is 4. The zero-order valence-corrected chi connectivity index (χ0v) is 29.3. The number of hydrogen-bond donors (Lipinski definition) is 4. The zero-order chi connectivity index (χ0) is 34.9. The Hall–Kier alpha value is -4.93. The summed E-state index contributed by atoms with van der Waals surface area (Å²) >= 11 is 0. The van der Waals surface area contributed by atoms with Crippen molar-refractivity contribution in [1.82, 2.24) is 35.3 Å². The number of rotatable bonds is 11. The van der Waals surface area contributed by atoms with Crippen molar-refractivity contribution in [2.24, 2.45) is 23.2 Å². The van der Waals surface area contributed by atoms with Gasteiger partial charge in [-0.3, -0.25) is 14.3 Å². The number of fused-ring (bicyclic) bond motifs is 1. The molecule has 3 saturated carbocycles. The Labute approximate surface area is 298 Å². The van der Waals surface area contributed by atoms with Crippen molar-refractivity contribution in [2.75, 3.05) is 18.4 Å². The van der Waals surface area contributed by atoms with Crippen molar-refractivity contribution in [3.05, 3.63) is 89.6 Å². The van der Waals surface area contributed by atoms with Crippen LogP contribution in [0.5, 0.6) is 0 Å². The lowest BCUT2D eigenvalue weighted by Crippen LogP contribution is -2.61. The molecule has 1 unspecified atom stereocenters. The number of carbonyl (C=O) groups is 3. The van der Waals surface area contributed by atoms with E-state index in [1.54, 1.807) is 16.9 Å². The van der Waals surface area contributed by atoms with Crippen LogP contribution in [-0.4, -0.2) is 61.6 Å². The molecular formula is C40H46N8O3. The Kier molecular flexibility index (Phi) is 7.59. The first-order valence-electron chi connectivity index (χ1n) is 18.7. The predicted molar refractivity (Wildman–Crippen MR) is 193 cm³/mol. The number of urea groups is 1. The van der Waals surface area contributed by atoms with Crippen LogP contribution in [0.4, 0.5) is 10.5 Å². The van der Waals surface area contributed by atoms with Gasteiger partial charge in [0.1, 0.15) is 23.1 Å². The van der Waals surface area contributed by atoms with E-state index in [9.17, 15) is 14.4 Å². The average molecular weight is 687 g/mol. The molecule has 4 aromatic rings. The van der Waals surface area contributed by atoms with E-state index in [2.05, 4.69) is 50.3 Å². The topological polar surface area (TPSA) is 137 Å². The van der Waals surface area contributed by atoms with Crippen molar-refractivity contribution in [2.45, 2.75) is 82.8 Å². The third kappa shape index (κ3) is 5.90. The van der Waals surface area contributed by atoms with Crippen LogP contribution < -0.4 is 16.0 Å². The molecule has 11 heteroatoms. The average Bonchev–Trinajstić information content (AvgIpc) is 4.11. The van der Waals surface area contributed by atoms with Gasteiger partial charge in [-0.2, -0.15) is 5.10 Å². The molecule has 0 bridgehead atoms. The first kappa shape index (κ1) is 32.0. The number of benzene rings is 2. The minimum atomic E-state index is -0.697. The summed E-state index contributed by atoms with van der Waals surface area (Å²) in [6.07, 6.45) is 11.3. The van der Waals surface area contributed by atoms with Crippen molar-refractivity contribution >= 4 is 23.5 Å². The summed E-state index contributed by atoms with van der Waals surface area (Å²) in [4.78, 5) is 52.2. The van der Waals surface area contributed by atoms with E-state index in [1.807, 2.05) is 49.2 Å². The van der Waals surface area contributed by atoms with Crippen LogP contribution in [0, 0.1) is 23.2 Å². The zero-order valence-electron chi connectivity index (χ0n) is 29.3. The molecule has 3 heterocycles. The number of aromatic nitrogens is 4. The van der Waals surface area contributed by atoms with Crippen LogP contribution in [0.3, 0.4) is 0 Å². The molecule has 11 nitrogen and oxygen atoms in total. The largest absolute Gasteiger partial charge is 0.340 e. The normalized spacial score (nSPS) is 22.6. The summed E-state index contributed by atoms with van der Waals surface area (Å²) in [7, 11) is 0. The molecule has 1 saturated heterocycles. The van der Waals surface area contributed by atoms with E-state index in [0.29, 0.717) is 42.6 Å². The monoisotopic (exact) mass is 686 g/mol. The molecule has 1 aliphatic heterocycles. The van der Waals surface area contributed by atoms with Gasteiger partial charge in [-0.05, 0) is 105 Å². The second-order valence-corrected chi connectivity index (χ2v) is 16.1. The molecule has 2 aromatic carbocycles. The van der Waals surface area contributed by atoms with E-state index >= 15 is 0 Å². The molecule has 1 spiro atoms. The van der Waals surface area contributed by atoms with E-state index in [1.165, 1.54) is 0 Å². The number of imidazole rings is 1. The molecule has 9 rings (SSSR count). The molecule has 4 aliphatic carbocycles. The van der Waals surface area contributed by atoms with Gasteiger partial charge in [0.2, 0.25) is 5.91 Å². The Morgan fingerprint density at radius 2 is 1.71 bits per heavy atom. The Morgan fingerprint density at radius 1 is 0.961 bits per heavy atom. The third-order valence-electron chi connectivity index (χ3n) is 12.0. The highest BCUT2D eigenvalue weighted by molar-refractivity contribution is 6.01. The van der Waals surface area contributed by atoms with Gasteiger partial charge in [0.15, 0.2) is 0 Å². The number of aromatic amines is 1. The van der Waals surface area contributed by atoms with E-state index in [4.69, 9.17) is 4.98 Å². The van der Waals surface area contributed by atoms with Crippen LogP contribution in [0.15, 0.2) is 67.0 Å². The molecule has 264 valence electrons. The minimum absolute atomic E-state index is 0.0196.